The Kier molecular flexibility index (Phi) is 4.24. The highest BCUT2D eigenvalue weighted by Crippen LogP contribution is 2.15. The van der Waals surface area contributed by atoms with Gasteiger partial charge < -0.3 is 10.1 Å². The Bertz CT molecular complexity index is 403. The van der Waals surface area contributed by atoms with Crippen LogP contribution in [0.4, 0.5) is 8.78 Å². The molecule has 18 heavy (non-hydrogen) atoms. The zero-order chi connectivity index (χ0) is 13.0. The summed E-state index contributed by atoms with van der Waals surface area (Å²) < 4.78 is 30.2. The van der Waals surface area contributed by atoms with E-state index in [0.717, 1.165) is 32.3 Å². The molecule has 7 heteroatoms. The van der Waals surface area contributed by atoms with Gasteiger partial charge in [0.2, 0.25) is 0 Å². The van der Waals surface area contributed by atoms with Crippen LogP contribution in [0.2, 0.25) is 0 Å². The molecule has 1 saturated heterocycles. The molecular weight excluding hydrogens is 244 g/mol. The summed E-state index contributed by atoms with van der Waals surface area (Å²) in [6, 6.07) is 1.28. The van der Waals surface area contributed by atoms with Crippen molar-refractivity contribution in [1.29, 1.82) is 0 Å². The molecule has 0 aromatic carbocycles. The van der Waals surface area contributed by atoms with E-state index in [1.54, 1.807) is 0 Å². The van der Waals surface area contributed by atoms with Crippen LogP contribution in [0.1, 0.15) is 29.9 Å². The maximum atomic E-state index is 12.3. The van der Waals surface area contributed by atoms with E-state index in [4.69, 9.17) is 4.74 Å². The third kappa shape index (κ3) is 3.25. The summed E-state index contributed by atoms with van der Waals surface area (Å²) in [4.78, 5) is 11.6. The summed E-state index contributed by atoms with van der Waals surface area (Å²) >= 11 is 0. The van der Waals surface area contributed by atoms with Gasteiger partial charge in [0.1, 0.15) is 5.69 Å². The van der Waals surface area contributed by atoms with Crippen molar-refractivity contribution in [3.05, 3.63) is 18.0 Å². The van der Waals surface area contributed by atoms with Gasteiger partial charge in [0, 0.05) is 26.0 Å². The van der Waals surface area contributed by atoms with Gasteiger partial charge in [-0.15, -0.1) is 0 Å². The van der Waals surface area contributed by atoms with Crippen LogP contribution in [-0.4, -0.2) is 35.4 Å². The van der Waals surface area contributed by atoms with E-state index >= 15 is 0 Å². The van der Waals surface area contributed by atoms with E-state index in [0.29, 0.717) is 17.1 Å². The molecule has 1 aliphatic rings. The number of ether oxygens (including phenoxy) is 1. The second kappa shape index (κ2) is 5.90. The maximum absolute atomic E-state index is 12.3. The molecule has 100 valence electrons. The molecule has 0 radical (unpaired) electrons. The van der Waals surface area contributed by atoms with Gasteiger partial charge in [-0.05, 0) is 24.8 Å². The minimum atomic E-state index is -2.72. The van der Waals surface area contributed by atoms with E-state index in [9.17, 15) is 13.6 Å². The number of halogens is 2. The molecule has 1 N–H and O–H groups in total. The van der Waals surface area contributed by atoms with E-state index < -0.39 is 12.5 Å². The molecule has 2 heterocycles. The van der Waals surface area contributed by atoms with Gasteiger partial charge in [-0.3, -0.25) is 4.79 Å². The topological polar surface area (TPSA) is 56.1 Å². The Morgan fingerprint density at radius 1 is 1.67 bits per heavy atom. The van der Waals surface area contributed by atoms with Crippen molar-refractivity contribution in [2.24, 2.45) is 5.92 Å². The van der Waals surface area contributed by atoms with Crippen LogP contribution in [0, 0.1) is 5.92 Å². The Morgan fingerprint density at radius 2 is 2.50 bits per heavy atom. The smallest absolute Gasteiger partial charge is 0.333 e. The largest absolute Gasteiger partial charge is 0.381 e. The number of nitrogens with zero attached hydrogens (tertiary/aromatic N) is 2. The molecule has 0 spiro atoms. The van der Waals surface area contributed by atoms with Crippen LogP contribution in [-0.2, 0) is 4.74 Å². The summed E-state index contributed by atoms with van der Waals surface area (Å²) in [5.74, 6) is 0.0530. The van der Waals surface area contributed by atoms with Crippen molar-refractivity contribution in [3.8, 4) is 0 Å². The molecule has 0 unspecified atom stereocenters. The predicted molar refractivity (Wildman–Crippen MR) is 59.4 cm³/mol. The fourth-order valence-electron chi connectivity index (χ4n) is 1.86. The van der Waals surface area contributed by atoms with E-state index in [1.165, 1.54) is 6.07 Å². The minimum absolute atomic E-state index is 0.0120. The highest BCUT2D eigenvalue weighted by molar-refractivity contribution is 5.92. The standard InChI is InChI=1S/C11H15F2N3O2/c12-11(13)16-5-2-9(15-16)10(17)14-4-1-8-3-6-18-7-8/h2,5,8,11H,1,3-4,6-7H2,(H,14,17)/t8-/m0/s1. The van der Waals surface area contributed by atoms with Crippen LogP contribution < -0.4 is 5.32 Å². The third-order valence-corrected chi connectivity index (χ3v) is 2.90. The summed E-state index contributed by atoms with van der Waals surface area (Å²) in [5, 5.41) is 6.15. The lowest BCUT2D eigenvalue weighted by Gasteiger charge is -2.07. The normalized spacial score (nSPS) is 19.4. The van der Waals surface area contributed by atoms with Crippen LogP contribution in [0.25, 0.3) is 0 Å². The van der Waals surface area contributed by atoms with Gasteiger partial charge in [-0.1, -0.05) is 0 Å². The summed E-state index contributed by atoms with van der Waals surface area (Å²) in [5.41, 5.74) is 0.0120. The molecular formula is C11H15F2N3O2. The number of rotatable bonds is 5. The molecule has 0 aliphatic carbocycles. The van der Waals surface area contributed by atoms with Gasteiger partial charge in [0.05, 0.1) is 0 Å². The summed E-state index contributed by atoms with van der Waals surface area (Å²) in [7, 11) is 0. The number of alkyl halides is 2. The van der Waals surface area contributed by atoms with Gasteiger partial charge in [-0.2, -0.15) is 13.9 Å². The first kappa shape index (κ1) is 12.9. The first-order valence-electron chi connectivity index (χ1n) is 5.86. The zero-order valence-electron chi connectivity index (χ0n) is 9.81. The van der Waals surface area contributed by atoms with E-state index in [2.05, 4.69) is 10.4 Å². The number of aromatic nitrogens is 2. The lowest BCUT2D eigenvalue weighted by Crippen LogP contribution is -2.26. The van der Waals surface area contributed by atoms with Crippen molar-refractivity contribution < 1.29 is 18.3 Å². The fourth-order valence-corrected chi connectivity index (χ4v) is 1.86. The molecule has 5 nitrogen and oxygen atoms in total. The first-order valence-corrected chi connectivity index (χ1v) is 5.86. The van der Waals surface area contributed by atoms with Crippen molar-refractivity contribution in [2.75, 3.05) is 19.8 Å². The molecule has 2 rings (SSSR count). The molecule has 1 aromatic rings. The van der Waals surface area contributed by atoms with Crippen molar-refractivity contribution in [1.82, 2.24) is 15.1 Å². The van der Waals surface area contributed by atoms with Gasteiger partial charge >= 0.3 is 6.55 Å². The van der Waals surface area contributed by atoms with Gasteiger partial charge in [0.15, 0.2) is 0 Å². The lowest BCUT2D eigenvalue weighted by atomic mass is 10.1. The average molecular weight is 259 g/mol. The van der Waals surface area contributed by atoms with Crippen LogP contribution >= 0.6 is 0 Å². The third-order valence-electron chi connectivity index (χ3n) is 2.90. The predicted octanol–water partition coefficient (Wildman–Crippen LogP) is 1.43. The van der Waals surface area contributed by atoms with Crippen molar-refractivity contribution >= 4 is 5.91 Å². The second-order valence-corrected chi connectivity index (χ2v) is 4.23. The Balaban J connectivity index is 1.76. The number of carbonyl (C=O) groups excluding carboxylic acids is 1. The number of nitrogens with one attached hydrogen (secondary N) is 1. The lowest BCUT2D eigenvalue weighted by molar-refractivity contribution is 0.0560. The number of carbonyl (C=O) groups is 1. The molecule has 0 bridgehead atoms. The Morgan fingerprint density at radius 3 is 3.11 bits per heavy atom. The highest BCUT2D eigenvalue weighted by Gasteiger charge is 2.16. The van der Waals surface area contributed by atoms with Crippen LogP contribution in [0.3, 0.4) is 0 Å². The number of hydrogen-bond donors (Lipinski definition) is 1. The molecule has 1 aromatic heterocycles. The molecule has 1 aliphatic heterocycles. The molecule has 1 amide bonds. The monoisotopic (exact) mass is 259 g/mol. The highest BCUT2D eigenvalue weighted by atomic mass is 19.3. The number of hydrogen-bond acceptors (Lipinski definition) is 3. The number of amides is 1. The van der Waals surface area contributed by atoms with Crippen LogP contribution in [0.15, 0.2) is 12.3 Å². The van der Waals surface area contributed by atoms with E-state index in [-0.39, 0.29) is 5.69 Å². The van der Waals surface area contributed by atoms with Gasteiger partial charge in [0.25, 0.3) is 5.91 Å². The van der Waals surface area contributed by atoms with Crippen molar-refractivity contribution in [3.63, 3.8) is 0 Å². The summed E-state index contributed by atoms with van der Waals surface area (Å²) in [6.45, 7) is -0.705. The SMILES string of the molecule is O=C(NCC[C@H]1CCOC1)c1ccn(C(F)F)n1. The van der Waals surface area contributed by atoms with Crippen LogP contribution in [0.5, 0.6) is 0 Å². The molecule has 0 saturated carbocycles. The molecule has 1 fully saturated rings. The Hall–Kier alpha value is -1.50. The average Bonchev–Trinajstić information content (AvgIpc) is 2.99. The molecule has 1 atom stereocenters. The minimum Gasteiger partial charge on any atom is -0.381 e. The second-order valence-electron chi connectivity index (χ2n) is 4.23. The maximum Gasteiger partial charge on any atom is 0.333 e. The van der Waals surface area contributed by atoms with Crippen molar-refractivity contribution in [2.45, 2.75) is 19.4 Å². The van der Waals surface area contributed by atoms with E-state index in [1.807, 2.05) is 0 Å². The summed E-state index contributed by atoms with van der Waals surface area (Å²) in [6.07, 6.45) is 2.93. The quantitative estimate of drug-likeness (QED) is 0.870. The zero-order valence-corrected chi connectivity index (χ0v) is 9.81. The fraction of sp³-hybridized carbons (Fsp3) is 0.636. The van der Waals surface area contributed by atoms with Gasteiger partial charge in [-0.25, -0.2) is 4.68 Å². The Labute approximate surface area is 103 Å². The first-order chi connectivity index (χ1) is 8.66.